The first-order valence-corrected chi connectivity index (χ1v) is 7.42. The van der Waals surface area contributed by atoms with Crippen LogP contribution in [-0.2, 0) is 0 Å². The molecule has 1 fully saturated rings. The molecule has 0 aromatic carbocycles. The quantitative estimate of drug-likeness (QED) is 0.835. The predicted octanol–water partition coefficient (Wildman–Crippen LogP) is 0.393. The molecule has 0 amide bonds. The number of rotatable bonds is 4. The first-order chi connectivity index (χ1) is 9.22. The Hall–Kier alpha value is -0.920. The zero-order valence-corrected chi connectivity index (χ0v) is 12.5. The van der Waals surface area contributed by atoms with Crippen molar-refractivity contribution in [2.24, 2.45) is 5.73 Å². The molecule has 1 aromatic rings. The number of hydrogen-bond donors (Lipinski definition) is 2. The molecule has 19 heavy (non-hydrogen) atoms. The minimum absolute atomic E-state index is 0.130. The summed E-state index contributed by atoms with van der Waals surface area (Å²) in [7, 11) is 0. The fourth-order valence-corrected chi connectivity index (χ4v) is 2.78. The van der Waals surface area contributed by atoms with Crippen molar-refractivity contribution < 1.29 is 0 Å². The van der Waals surface area contributed by atoms with Crippen LogP contribution in [0.1, 0.15) is 12.8 Å². The molecule has 0 atom stereocenters. The van der Waals surface area contributed by atoms with Crippen LogP contribution in [0, 0.1) is 0 Å². The molecular formula is C12H20BrN5O. The molecule has 6 nitrogen and oxygen atoms in total. The Morgan fingerprint density at radius 3 is 3.00 bits per heavy atom. The molecule has 2 heterocycles. The van der Waals surface area contributed by atoms with Gasteiger partial charge in [0.2, 0.25) is 0 Å². The second-order valence-corrected chi connectivity index (χ2v) is 5.49. The van der Waals surface area contributed by atoms with Crippen LogP contribution >= 0.6 is 15.9 Å². The lowest BCUT2D eigenvalue weighted by Crippen LogP contribution is -2.33. The van der Waals surface area contributed by atoms with Gasteiger partial charge < -0.3 is 20.5 Å². The number of nitrogens with one attached hydrogen (secondary N) is 1. The van der Waals surface area contributed by atoms with E-state index in [2.05, 4.69) is 35.7 Å². The van der Waals surface area contributed by atoms with Gasteiger partial charge >= 0.3 is 0 Å². The first kappa shape index (κ1) is 14.5. The van der Waals surface area contributed by atoms with E-state index in [1.165, 1.54) is 6.33 Å². The van der Waals surface area contributed by atoms with Crippen molar-refractivity contribution in [2.45, 2.75) is 12.8 Å². The lowest BCUT2D eigenvalue weighted by molar-refractivity contribution is 0.291. The Morgan fingerprint density at radius 2 is 2.21 bits per heavy atom. The van der Waals surface area contributed by atoms with Crippen molar-refractivity contribution in [1.82, 2.24) is 14.9 Å². The molecule has 3 N–H and O–H groups in total. The molecule has 0 saturated carbocycles. The highest BCUT2D eigenvalue weighted by atomic mass is 79.9. The number of anilines is 1. The molecule has 1 aliphatic rings. The third-order valence-corrected chi connectivity index (χ3v) is 4.06. The summed E-state index contributed by atoms with van der Waals surface area (Å²) in [5, 5.41) is 0. The highest BCUT2D eigenvalue weighted by molar-refractivity contribution is 9.10. The standard InChI is InChI=1S/C12H20BrN5O/c13-10-11(15-9-16-12(10)19)18-6-2-5-17(7-8-18)4-1-3-14/h9H,1-8,14H2,(H,15,16,19). The molecule has 2 rings (SSSR count). The summed E-state index contributed by atoms with van der Waals surface area (Å²) >= 11 is 3.32. The largest absolute Gasteiger partial charge is 0.354 e. The Morgan fingerprint density at radius 1 is 1.37 bits per heavy atom. The summed E-state index contributed by atoms with van der Waals surface area (Å²) in [5.41, 5.74) is 5.42. The van der Waals surface area contributed by atoms with Gasteiger partial charge in [-0.25, -0.2) is 4.98 Å². The topological polar surface area (TPSA) is 78.2 Å². The second kappa shape index (κ2) is 7.02. The van der Waals surface area contributed by atoms with Gasteiger partial charge in [-0.3, -0.25) is 4.79 Å². The second-order valence-electron chi connectivity index (χ2n) is 4.69. The fourth-order valence-electron chi connectivity index (χ4n) is 2.32. The van der Waals surface area contributed by atoms with Crippen molar-refractivity contribution in [3.63, 3.8) is 0 Å². The van der Waals surface area contributed by atoms with E-state index in [-0.39, 0.29) is 5.56 Å². The minimum atomic E-state index is -0.130. The Labute approximate surface area is 121 Å². The van der Waals surface area contributed by atoms with Gasteiger partial charge in [0.15, 0.2) is 0 Å². The summed E-state index contributed by atoms with van der Waals surface area (Å²) < 4.78 is 0.519. The molecule has 106 valence electrons. The lowest BCUT2D eigenvalue weighted by atomic mass is 10.3. The average Bonchev–Trinajstić information content (AvgIpc) is 2.65. The molecule has 0 radical (unpaired) electrons. The van der Waals surface area contributed by atoms with E-state index in [0.717, 1.165) is 57.9 Å². The number of aromatic nitrogens is 2. The molecule has 0 spiro atoms. The number of halogens is 1. The van der Waals surface area contributed by atoms with Crippen molar-refractivity contribution in [2.75, 3.05) is 44.2 Å². The average molecular weight is 330 g/mol. The summed E-state index contributed by atoms with van der Waals surface area (Å²) in [5.74, 6) is 0.740. The maximum absolute atomic E-state index is 11.6. The zero-order chi connectivity index (χ0) is 13.7. The molecular weight excluding hydrogens is 310 g/mol. The molecule has 0 unspecified atom stereocenters. The first-order valence-electron chi connectivity index (χ1n) is 6.63. The van der Waals surface area contributed by atoms with Gasteiger partial charge in [0.25, 0.3) is 5.56 Å². The van der Waals surface area contributed by atoms with Crippen molar-refractivity contribution in [3.05, 3.63) is 21.2 Å². The maximum Gasteiger partial charge on any atom is 0.267 e. The Kier molecular flexibility index (Phi) is 5.35. The number of hydrogen-bond acceptors (Lipinski definition) is 5. The third kappa shape index (κ3) is 3.77. The molecule has 1 saturated heterocycles. The van der Waals surface area contributed by atoms with Gasteiger partial charge in [0.1, 0.15) is 10.3 Å². The van der Waals surface area contributed by atoms with Gasteiger partial charge in [-0.2, -0.15) is 0 Å². The van der Waals surface area contributed by atoms with Crippen LogP contribution in [0.15, 0.2) is 15.6 Å². The van der Waals surface area contributed by atoms with Crippen molar-refractivity contribution in [3.8, 4) is 0 Å². The summed E-state index contributed by atoms with van der Waals surface area (Å²) in [4.78, 5) is 23.0. The van der Waals surface area contributed by atoms with Crippen LogP contribution in [0.4, 0.5) is 5.82 Å². The van der Waals surface area contributed by atoms with Crippen LogP contribution < -0.4 is 16.2 Å². The third-order valence-electron chi connectivity index (χ3n) is 3.34. The van der Waals surface area contributed by atoms with Crippen LogP contribution in [0.25, 0.3) is 0 Å². The van der Waals surface area contributed by atoms with Crippen molar-refractivity contribution in [1.29, 1.82) is 0 Å². The van der Waals surface area contributed by atoms with Crippen LogP contribution in [-0.4, -0.2) is 54.1 Å². The maximum atomic E-state index is 11.6. The Bertz CT molecular complexity index is 464. The Balaban J connectivity index is 2.02. The van der Waals surface area contributed by atoms with Crippen molar-refractivity contribution >= 4 is 21.7 Å². The highest BCUT2D eigenvalue weighted by Crippen LogP contribution is 2.20. The summed E-state index contributed by atoms with van der Waals surface area (Å²) in [6, 6.07) is 0. The van der Waals surface area contributed by atoms with Gasteiger partial charge in [-0.05, 0) is 48.4 Å². The van der Waals surface area contributed by atoms with Crippen LogP contribution in [0.5, 0.6) is 0 Å². The van der Waals surface area contributed by atoms with E-state index < -0.39 is 0 Å². The summed E-state index contributed by atoms with van der Waals surface area (Å²) in [6.45, 7) is 5.67. The van der Waals surface area contributed by atoms with E-state index in [4.69, 9.17) is 5.73 Å². The molecule has 1 aromatic heterocycles. The van der Waals surface area contributed by atoms with E-state index in [0.29, 0.717) is 4.47 Å². The van der Waals surface area contributed by atoms with Gasteiger partial charge in [0, 0.05) is 19.6 Å². The van der Waals surface area contributed by atoms with Gasteiger partial charge in [-0.15, -0.1) is 0 Å². The number of nitrogens with two attached hydrogens (primary N) is 1. The number of H-pyrrole nitrogens is 1. The zero-order valence-electron chi connectivity index (χ0n) is 10.9. The van der Waals surface area contributed by atoms with E-state index in [9.17, 15) is 4.79 Å². The van der Waals surface area contributed by atoms with E-state index in [1.807, 2.05) is 0 Å². The molecule has 1 aliphatic heterocycles. The van der Waals surface area contributed by atoms with Crippen LogP contribution in [0.3, 0.4) is 0 Å². The number of aromatic amines is 1. The highest BCUT2D eigenvalue weighted by Gasteiger charge is 2.18. The van der Waals surface area contributed by atoms with E-state index >= 15 is 0 Å². The molecule has 7 heteroatoms. The minimum Gasteiger partial charge on any atom is -0.354 e. The normalized spacial score (nSPS) is 17.5. The van der Waals surface area contributed by atoms with E-state index in [1.54, 1.807) is 0 Å². The molecule has 0 aliphatic carbocycles. The van der Waals surface area contributed by atoms with Gasteiger partial charge in [-0.1, -0.05) is 0 Å². The predicted molar refractivity (Wildman–Crippen MR) is 79.5 cm³/mol. The van der Waals surface area contributed by atoms with Crippen LogP contribution in [0.2, 0.25) is 0 Å². The number of nitrogens with zero attached hydrogens (tertiary/aromatic N) is 3. The smallest absolute Gasteiger partial charge is 0.267 e. The SMILES string of the molecule is NCCCN1CCCN(c2nc[nH]c(=O)c2Br)CC1. The monoisotopic (exact) mass is 329 g/mol. The summed E-state index contributed by atoms with van der Waals surface area (Å²) in [6.07, 6.45) is 3.57. The fraction of sp³-hybridized carbons (Fsp3) is 0.667. The van der Waals surface area contributed by atoms with Gasteiger partial charge in [0.05, 0.1) is 6.33 Å². The lowest BCUT2D eigenvalue weighted by Gasteiger charge is -2.23. The molecule has 0 bridgehead atoms.